The van der Waals surface area contributed by atoms with Crippen LogP contribution in [0.2, 0.25) is 0 Å². The summed E-state index contributed by atoms with van der Waals surface area (Å²) in [6.45, 7) is 7.63. The molecule has 1 aliphatic heterocycles. The van der Waals surface area contributed by atoms with Gasteiger partial charge in [0.05, 0.1) is 0 Å². The summed E-state index contributed by atoms with van der Waals surface area (Å²) in [7, 11) is 1.62. The molecule has 1 amide bonds. The number of nitrogens with zero attached hydrogens (tertiary/aromatic N) is 3. The Morgan fingerprint density at radius 3 is 2.24 bits per heavy atom. The lowest BCUT2D eigenvalue weighted by Gasteiger charge is -2.41. The number of hydrazine groups is 1. The zero-order chi connectivity index (χ0) is 35.3. The molecule has 11 heteroatoms. The highest BCUT2D eigenvalue weighted by Crippen LogP contribution is 2.40. The van der Waals surface area contributed by atoms with E-state index in [1.54, 1.807) is 12.1 Å². The zero-order valence-electron chi connectivity index (χ0n) is 28.8. The number of carbonyl (C=O) groups is 2. The van der Waals surface area contributed by atoms with Crippen LogP contribution in [0.1, 0.15) is 67.5 Å². The first kappa shape index (κ1) is 35.9. The molecule has 0 spiro atoms. The summed E-state index contributed by atoms with van der Waals surface area (Å²) in [5, 5.41) is 5.19. The molecular weight excluding hydrogens is 714 g/mol. The van der Waals surface area contributed by atoms with Crippen LogP contribution in [0.5, 0.6) is 0 Å². The number of rotatable bonds is 12. The van der Waals surface area contributed by atoms with E-state index in [0.29, 0.717) is 42.1 Å². The molecule has 9 nitrogen and oxygen atoms in total. The highest BCUT2D eigenvalue weighted by molar-refractivity contribution is 9.10. The second-order valence-electron chi connectivity index (χ2n) is 13.8. The fourth-order valence-corrected chi connectivity index (χ4v) is 7.99. The number of ether oxygens (including phenoxy) is 2. The number of hydrogen-bond acceptors (Lipinski definition) is 8. The molecule has 2 aromatic heterocycles. The highest BCUT2D eigenvalue weighted by atomic mass is 79.9. The number of esters is 1. The van der Waals surface area contributed by atoms with Crippen LogP contribution in [0.15, 0.2) is 101 Å². The Kier molecular flexibility index (Phi) is 11.5. The molecule has 6 rings (SSSR count). The predicted molar refractivity (Wildman–Crippen MR) is 200 cm³/mol. The predicted octanol–water partition coefficient (Wildman–Crippen LogP) is 7.97. The normalized spacial score (nSPS) is 17.1. The molecule has 262 valence electrons. The van der Waals surface area contributed by atoms with Crippen molar-refractivity contribution < 1.29 is 19.1 Å². The standard InChI is InChI=1S/C39H44BrN5O4S/c1-39(2,3)35(29-22-41-30-19-12-11-18-28(29)30)49-38(47)31-20-13-21-45(43-31)37(46)33(34(48-4)36-42-32(40)25-50-36)44(23-26-14-7-5-8-15-26)24-27-16-9-6-10-17-27/h5-12,14-19,22,25,31,33-35,41,43H,13,20-21,23-24H2,1-4H3/t31-,33-,34-,35?/m0/s1. The number of carbonyl (C=O) groups excluding carboxylic acids is 2. The van der Waals surface area contributed by atoms with E-state index in [-0.39, 0.29) is 17.3 Å². The molecule has 3 heterocycles. The first-order valence-corrected chi connectivity index (χ1v) is 18.6. The van der Waals surface area contributed by atoms with Crippen molar-refractivity contribution in [1.29, 1.82) is 0 Å². The number of thiazole rings is 1. The minimum atomic E-state index is -0.769. The van der Waals surface area contributed by atoms with Gasteiger partial charge >= 0.3 is 5.97 Å². The largest absolute Gasteiger partial charge is 0.456 e. The Morgan fingerprint density at radius 2 is 1.64 bits per heavy atom. The first-order valence-electron chi connectivity index (χ1n) is 16.9. The van der Waals surface area contributed by atoms with Crippen molar-refractivity contribution in [2.24, 2.45) is 5.41 Å². The average molecular weight is 759 g/mol. The van der Waals surface area contributed by atoms with Crippen molar-refractivity contribution in [3.05, 3.63) is 123 Å². The van der Waals surface area contributed by atoms with Crippen molar-refractivity contribution in [3.8, 4) is 0 Å². The number of nitrogens with one attached hydrogen (secondary N) is 2. The van der Waals surface area contributed by atoms with E-state index < -0.39 is 24.3 Å². The van der Waals surface area contributed by atoms with Gasteiger partial charge in [-0.05, 0) is 46.0 Å². The highest BCUT2D eigenvalue weighted by Gasteiger charge is 2.42. The Balaban J connectivity index is 1.30. The van der Waals surface area contributed by atoms with Gasteiger partial charge in [0.1, 0.15) is 33.9 Å². The first-order chi connectivity index (χ1) is 24.1. The van der Waals surface area contributed by atoms with Gasteiger partial charge in [0.25, 0.3) is 5.91 Å². The maximum absolute atomic E-state index is 14.9. The minimum Gasteiger partial charge on any atom is -0.456 e. The number of H-pyrrole nitrogens is 1. The number of fused-ring (bicyclic) bond motifs is 1. The number of halogens is 1. The molecule has 0 aliphatic carbocycles. The van der Waals surface area contributed by atoms with Crippen LogP contribution in [0.3, 0.4) is 0 Å². The molecule has 4 atom stereocenters. The monoisotopic (exact) mass is 757 g/mol. The molecule has 50 heavy (non-hydrogen) atoms. The Morgan fingerprint density at radius 1 is 1.00 bits per heavy atom. The Labute approximate surface area is 306 Å². The molecule has 1 saturated heterocycles. The fourth-order valence-electron chi connectivity index (χ4n) is 6.62. The number of benzene rings is 3. The van der Waals surface area contributed by atoms with E-state index >= 15 is 0 Å². The number of methoxy groups -OCH3 is 1. The third-order valence-electron chi connectivity index (χ3n) is 9.04. The number of aromatic amines is 1. The number of aromatic nitrogens is 2. The van der Waals surface area contributed by atoms with Crippen molar-refractivity contribution in [3.63, 3.8) is 0 Å². The summed E-state index contributed by atoms with van der Waals surface area (Å²) >= 11 is 4.93. The van der Waals surface area contributed by atoms with E-state index in [4.69, 9.17) is 9.47 Å². The van der Waals surface area contributed by atoms with Gasteiger partial charge in [0.2, 0.25) is 0 Å². The molecule has 1 fully saturated rings. The van der Waals surface area contributed by atoms with Crippen molar-refractivity contribution >= 4 is 50.0 Å². The van der Waals surface area contributed by atoms with Gasteiger partial charge in [-0.25, -0.2) is 10.4 Å². The van der Waals surface area contributed by atoms with Crippen LogP contribution >= 0.6 is 27.3 Å². The maximum Gasteiger partial charge on any atom is 0.325 e. The van der Waals surface area contributed by atoms with Gasteiger partial charge in [-0.1, -0.05) is 99.6 Å². The van der Waals surface area contributed by atoms with Crippen LogP contribution in [-0.4, -0.2) is 57.5 Å². The minimum absolute atomic E-state index is 0.198. The summed E-state index contributed by atoms with van der Waals surface area (Å²) < 4.78 is 13.2. The average Bonchev–Trinajstić information content (AvgIpc) is 3.75. The van der Waals surface area contributed by atoms with E-state index in [9.17, 15) is 9.59 Å². The van der Waals surface area contributed by atoms with Gasteiger partial charge in [-0.2, -0.15) is 0 Å². The third kappa shape index (κ3) is 8.35. The molecule has 5 aromatic rings. The Bertz CT molecular complexity index is 1830. The second-order valence-corrected chi connectivity index (χ2v) is 15.5. The summed E-state index contributed by atoms with van der Waals surface area (Å²) in [4.78, 5) is 39.1. The van der Waals surface area contributed by atoms with Gasteiger partial charge in [-0.15, -0.1) is 11.3 Å². The smallest absolute Gasteiger partial charge is 0.325 e. The van der Waals surface area contributed by atoms with Gasteiger partial charge in [0, 0.05) is 60.2 Å². The summed E-state index contributed by atoms with van der Waals surface area (Å²) in [5.74, 6) is -0.585. The number of hydrogen-bond donors (Lipinski definition) is 2. The van der Waals surface area contributed by atoms with E-state index in [0.717, 1.165) is 27.6 Å². The van der Waals surface area contributed by atoms with Crippen molar-refractivity contribution in [2.45, 2.75) is 71.0 Å². The van der Waals surface area contributed by atoms with Gasteiger partial charge < -0.3 is 14.5 Å². The summed E-state index contributed by atoms with van der Waals surface area (Å²) in [6.07, 6.45) is 1.94. The van der Waals surface area contributed by atoms with Crippen molar-refractivity contribution in [1.82, 2.24) is 25.3 Å². The molecule has 0 radical (unpaired) electrons. The topological polar surface area (TPSA) is 99.8 Å². The number of amides is 1. The lowest BCUT2D eigenvalue weighted by Crippen LogP contribution is -2.61. The van der Waals surface area contributed by atoms with E-state index in [1.165, 1.54) is 11.3 Å². The molecule has 0 bridgehead atoms. The van der Waals surface area contributed by atoms with Crippen LogP contribution < -0.4 is 5.43 Å². The lowest BCUT2D eigenvalue weighted by atomic mass is 9.84. The summed E-state index contributed by atoms with van der Waals surface area (Å²) in [5.41, 5.74) is 6.96. The van der Waals surface area contributed by atoms with Gasteiger partial charge in [0.15, 0.2) is 0 Å². The number of para-hydroxylation sites is 1. The Hall–Kier alpha value is -3.87. The SMILES string of the molecule is CO[C@H](c1nc(Br)cs1)[C@@H](C(=O)N1CCC[C@@H](C(=O)OC(c2c[nH]c3ccccc23)C(C)(C)C)N1)N(Cc1ccccc1)Cc1ccccc1. The second kappa shape index (κ2) is 16.0. The molecule has 3 aromatic carbocycles. The van der Waals surface area contributed by atoms with E-state index in [2.05, 4.69) is 81.3 Å². The quantitative estimate of drug-likeness (QED) is 0.125. The molecule has 2 N–H and O–H groups in total. The van der Waals surface area contributed by atoms with Gasteiger partial charge in [-0.3, -0.25) is 19.5 Å². The maximum atomic E-state index is 14.9. The van der Waals surface area contributed by atoms with E-state index in [1.807, 2.05) is 72.2 Å². The van der Waals surface area contributed by atoms with Crippen LogP contribution in [0.4, 0.5) is 0 Å². The lowest BCUT2D eigenvalue weighted by molar-refractivity contribution is -0.164. The fraction of sp³-hybridized carbons (Fsp3) is 0.359. The molecule has 1 aliphatic rings. The molecule has 0 saturated carbocycles. The molecule has 1 unspecified atom stereocenters. The zero-order valence-corrected chi connectivity index (χ0v) is 31.2. The van der Waals surface area contributed by atoms with Crippen LogP contribution in [0.25, 0.3) is 10.9 Å². The van der Waals surface area contributed by atoms with Crippen LogP contribution in [0, 0.1) is 5.41 Å². The summed E-state index contributed by atoms with van der Waals surface area (Å²) in [6, 6.07) is 26.8. The van der Waals surface area contributed by atoms with Crippen LogP contribution in [-0.2, 0) is 32.2 Å². The van der Waals surface area contributed by atoms with Crippen molar-refractivity contribution in [2.75, 3.05) is 13.7 Å². The molecular formula is C39H44BrN5O4S. The third-order valence-corrected chi connectivity index (χ3v) is 10.7.